The average molecular weight is 630 g/mol. The number of ether oxygens (including phenoxy) is 1. The van der Waals surface area contributed by atoms with Gasteiger partial charge in [-0.15, -0.1) is 0 Å². The van der Waals surface area contributed by atoms with E-state index < -0.39 is 59.1 Å². The van der Waals surface area contributed by atoms with E-state index in [2.05, 4.69) is 38.1 Å². The summed E-state index contributed by atoms with van der Waals surface area (Å²) in [6.07, 6.45) is -9.49. The zero-order chi connectivity index (χ0) is 30.8. The SMILES string of the molecule is [2H]C([2H])([2H])Oc1nc(C(=O)NS(=O)(=O)CC(F)(F)F)ccc1NCC#Cc1cc2c(Br)cccn2c1CC(F)(F)F. The van der Waals surface area contributed by atoms with Crippen molar-refractivity contribution in [2.45, 2.75) is 18.8 Å². The summed E-state index contributed by atoms with van der Waals surface area (Å²) in [5, 5.41) is 2.62. The van der Waals surface area contributed by atoms with Crippen LogP contribution in [0.1, 0.15) is 25.9 Å². The summed E-state index contributed by atoms with van der Waals surface area (Å²) in [5.41, 5.74) is -0.571. The smallest absolute Gasteiger partial charge is 0.404 e. The third-order valence-electron chi connectivity index (χ3n) is 4.61. The number of amides is 1. The topological polar surface area (TPSA) is 102 Å². The Morgan fingerprint density at radius 1 is 1.21 bits per heavy atom. The number of nitrogens with zero attached hydrogens (tertiary/aromatic N) is 2. The zero-order valence-corrected chi connectivity index (χ0v) is 21.1. The number of halogens is 7. The van der Waals surface area contributed by atoms with E-state index in [0.717, 1.165) is 12.1 Å². The van der Waals surface area contributed by atoms with E-state index in [0.29, 0.717) is 9.99 Å². The molecule has 3 aromatic rings. The summed E-state index contributed by atoms with van der Waals surface area (Å²) in [6, 6.07) is 6.54. The minimum Gasteiger partial charge on any atom is -0.480 e. The lowest BCUT2D eigenvalue weighted by Crippen LogP contribution is -2.37. The molecule has 0 bridgehead atoms. The van der Waals surface area contributed by atoms with Gasteiger partial charge in [0.1, 0.15) is 5.69 Å². The summed E-state index contributed by atoms with van der Waals surface area (Å²) in [5.74, 6) is 0.531. The molecule has 0 radical (unpaired) electrons. The van der Waals surface area contributed by atoms with Gasteiger partial charge in [-0.25, -0.2) is 18.1 Å². The Hall–Kier alpha value is -3.45. The van der Waals surface area contributed by atoms with Crippen LogP contribution in [0.3, 0.4) is 0 Å². The summed E-state index contributed by atoms with van der Waals surface area (Å²) in [7, 11) is -8.25. The lowest BCUT2D eigenvalue weighted by Gasteiger charge is -2.11. The Balaban J connectivity index is 1.86. The molecule has 204 valence electrons. The maximum atomic E-state index is 13.2. The monoisotopic (exact) mass is 629 g/mol. The fraction of sp³-hybridized carbons (Fsp3) is 0.273. The first kappa shape index (κ1) is 24.9. The number of pyridine rings is 2. The summed E-state index contributed by atoms with van der Waals surface area (Å²) >= 11 is 3.27. The molecule has 3 heterocycles. The minimum atomic E-state index is -5.14. The molecule has 8 nitrogen and oxygen atoms in total. The molecule has 2 N–H and O–H groups in total. The second kappa shape index (κ2) is 11.1. The quantitative estimate of drug-likeness (QED) is 0.299. The molecule has 0 fully saturated rings. The number of hydrogen-bond donors (Lipinski definition) is 2. The molecule has 0 saturated heterocycles. The highest BCUT2D eigenvalue weighted by molar-refractivity contribution is 9.10. The van der Waals surface area contributed by atoms with E-state index in [1.54, 1.807) is 12.1 Å². The van der Waals surface area contributed by atoms with Crippen LogP contribution in [-0.2, 0) is 16.4 Å². The standard InChI is InChI=1S/C22H17BrF6N4O4S/c1-37-20-16(7-6-15(31-20)19(34)32-38(35,36)12-22(27,28)29)30-8-2-4-13-10-17-14(23)5-3-9-33(17)18(13)11-21(24,25)26/h3,5-7,9-10,30H,8,11-12H2,1H3,(H,32,34)/i1D3. The number of carbonyl (C=O) groups excluding carboxylic acids is 1. The first-order valence-electron chi connectivity index (χ1n) is 11.6. The lowest BCUT2D eigenvalue weighted by molar-refractivity contribution is -0.128. The number of methoxy groups -OCH3 is 1. The van der Waals surface area contributed by atoms with Crippen molar-refractivity contribution < 1.29 is 48.4 Å². The first-order chi connectivity index (χ1) is 18.7. The fourth-order valence-electron chi connectivity index (χ4n) is 3.20. The van der Waals surface area contributed by atoms with Gasteiger partial charge in [-0.05, 0) is 46.3 Å². The average Bonchev–Trinajstić information content (AvgIpc) is 3.11. The highest BCUT2D eigenvalue weighted by atomic mass is 79.9. The molecule has 0 aromatic carbocycles. The minimum absolute atomic E-state index is 0.0696. The van der Waals surface area contributed by atoms with Crippen LogP contribution in [0.15, 0.2) is 41.0 Å². The first-order valence-corrected chi connectivity index (χ1v) is 12.6. The molecular formula is C22H17BrF6N4O4S. The Labute approximate surface area is 224 Å². The van der Waals surface area contributed by atoms with Crippen LogP contribution in [0, 0.1) is 11.8 Å². The number of rotatable bonds is 7. The predicted octanol–water partition coefficient (Wildman–Crippen LogP) is 4.30. The molecule has 0 spiro atoms. The van der Waals surface area contributed by atoms with E-state index in [9.17, 15) is 39.6 Å². The molecule has 0 atom stereocenters. The maximum absolute atomic E-state index is 13.2. The van der Waals surface area contributed by atoms with E-state index >= 15 is 0 Å². The van der Waals surface area contributed by atoms with Crippen molar-refractivity contribution in [3.05, 3.63) is 58.0 Å². The third kappa shape index (κ3) is 7.78. The van der Waals surface area contributed by atoms with Gasteiger partial charge in [0.25, 0.3) is 5.91 Å². The van der Waals surface area contributed by atoms with Gasteiger partial charge in [0.15, 0.2) is 5.75 Å². The Morgan fingerprint density at radius 3 is 2.61 bits per heavy atom. The molecule has 38 heavy (non-hydrogen) atoms. The largest absolute Gasteiger partial charge is 0.480 e. The number of hydrogen-bond acceptors (Lipinski definition) is 6. The van der Waals surface area contributed by atoms with Crippen LogP contribution in [-0.4, -0.2) is 55.4 Å². The van der Waals surface area contributed by atoms with Crippen LogP contribution in [0.4, 0.5) is 32.0 Å². The highest BCUT2D eigenvalue weighted by Crippen LogP contribution is 2.29. The molecular weight excluding hydrogens is 610 g/mol. The van der Waals surface area contributed by atoms with Gasteiger partial charge < -0.3 is 14.5 Å². The fourth-order valence-corrected chi connectivity index (χ4v) is 4.55. The molecule has 1 amide bonds. The van der Waals surface area contributed by atoms with Crippen molar-refractivity contribution in [3.63, 3.8) is 0 Å². The number of carbonyl (C=O) groups is 1. The number of alkyl halides is 6. The molecule has 3 rings (SSSR count). The van der Waals surface area contributed by atoms with Crippen LogP contribution in [0.25, 0.3) is 5.52 Å². The van der Waals surface area contributed by atoms with Crippen molar-refractivity contribution in [3.8, 4) is 17.7 Å². The van der Waals surface area contributed by atoms with Gasteiger partial charge in [-0.3, -0.25) is 4.79 Å². The second-order valence-corrected chi connectivity index (χ2v) is 10.1. The van der Waals surface area contributed by atoms with Gasteiger partial charge in [-0.1, -0.05) is 11.8 Å². The van der Waals surface area contributed by atoms with Crippen LogP contribution < -0.4 is 14.8 Å². The Morgan fingerprint density at radius 2 is 1.95 bits per heavy atom. The number of aromatic nitrogens is 2. The number of anilines is 1. The number of nitrogens with one attached hydrogen (secondary N) is 2. The lowest BCUT2D eigenvalue weighted by atomic mass is 10.2. The van der Waals surface area contributed by atoms with E-state index in [1.807, 2.05) is 0 Å². The van der Waals surface area contributed by atoms with Gasteiger partial charge >= 0.3 is 12.4 Å². The van der Waals surface area contributed by atoms with Crippen molar-refractivity contribution in [1.29, 1.82) is 0 Å². The molecule has 0 saturated carbocycles. The molecule has 16 heteroatoms. The molecule has 0 unspecified atom stereocenters. The van der Waals surface area contributed by atoms with Gasteiger partial charge in [0, 0.05) is 21.9 Å². The van der Waals surface area contributed by atoms with Gasteiger partial charge in [0.2, 0.25) is 15.9 Å². The van der Waals surface area contributed by atoms with E-state index in [4.69, 9.17) is 8.85 Å². The van der Waals surface area contributed by atoms with Crippen LogP contribution in [0.5, 0.6) is 5.88 Å². The van der Waals surface area contributed by atoms with Crippen molar-refractivity contribution >= 4 is 43.1 Å². The Bertz CT molecular complexity index is 1630. The third-order valence-corrected chi connectivity index (χ3v) is 6.49. The van der Waals surface area contributed by atoms with Crippen molar-refractivity contribution in [1.82, 2.24) is 14.1 Å². The van der Waals surface area contributed by atoms with E-state index in [-0.39, 0.29) is 23.5 Å². The van der Waals surface area contributed by atoms with Crippen molar-refractivity contribution in [2.75, 3.05) is 24.7 Å². The molecule has 0 aliphatic rings. The maximum Gasteiger partial charge on any atom is 0.404 e. The van der Waals surface area contributed by atoms with Gasteiger partial charge in [-0.2, -0.15) is 26.3 Å². The van der Waals surface area contributed by atoms with Crippen molar-refractivity contribution in [2.24, 2.45) is 0 Å². The number of fused-ring (bicyclic) bond motifs is 1. The van der Waals surface area contributed by atoms with E-state index in [1.165, 1.54) is 21.4 Å². The zero-order valence-electron chi connectivity index (χ0n) is 21.7. The summed E-state index contributed by atoms with van der Waals surface area (Å²) in [4.78, 5) is 15.8. The summed E-state index contributed by atoms with van der Waals surface area (Å²) in [6.45, 7) is -0.288. The number of sulfonamides is 1. The molecule has 0 aliphatic heterocycles. The molecule has 0 aliphatic carbocycles. The molecule has 3 aromatic heterocycles. The summed E-state index contributed by atoms with van der Waals surface area (Å²) < 4.78 is 130. The Kier molecular flexibility index (Phi) is 7.27. The van der Waals surface area contributed by atoms with Gasteiger partial charge in [0.05, 0.1) is 35.3 Å². The van der Waals surface area contributed by atoms with Crippen LogP contribution in [0.2, 0.25) is 0 Å². The normalized spacial score (nSPS) is 13.6. The predicted molar refractivity (Wildman–Crippen MR) is 128 cm³/mol. The second-order valence-electron chi connectivity index (χ2n) is 7.52. The highest BCUT2D eigenvalue weighted by Gasteiger charge is 2.36. The van der Waals surface area contributed by atoms with Crippen LogP contribution >= 0.6 is 15.9 Å².